The Hall–Kier alpha value is -3.48. The van der Waals surface area contributed by atoms with E-state index in [-0.39, 0.29) is 36.1 Å². The fourth-order valence-corrected chi connectivity index (χ4v) is 2.95. The number of benzene rings is 2. The fraction of sp³-hybridized carbons (Fsp3) is 0.304. The van der Waals surface area contributed by atoms with Crippen LogP contribution in [-0.4, -0.2) is 33.7 Å². The molecule has 0 aliphatic carbocycles. The van der Waals surface area contributed by atoms with Gasteiger partial charge in [0.1, 0.15) is 11.4 Å². The van der Waals surface area contributed by atoms with Crippen LogP contribution in [0.5, 0.6) is 5.75 Å². The number of carbonyl (C=O) groups excluding carboxylic acids is 1. The van der Waals surface area contributed by atoms with Crippen LogP contribution in [0.15, 0.2) is 59.4 Å². The van der Waals surface area contributed by atoms with E-state index in [9.17, 15) is 9.59 Å². The van der Waals surface area contributed by atoms with Gasteiger partial charge in [0, 0.05) is 24.9 Å². The van der Waals surface area contributed by atoms with Gasteiger partial charge in [-0.3, -0.25) is 9.59 Å². The number of ether oxygens (including phenoxy) is 1. The van der Waals surface area contributed by atoms with Gasteiger partial charge in [-0.25, -0.2) is 0 Å². The summed E-state index contributed by atoms with van der Waals surface area (Å²) in [5, 5.41) is 11.0. The van der Waals surface area contributed by atoms with E-state index in [1.807, 2.05) is 62.4 Å². The van der Waals surface area contributed by atoms with Crippen LogP contribution in [0, 0.1) is 0 Å². The molecule has 1 amide bonds. The highest BCUT2D eigenvalue weighted by atomic mass is 16.5. The molecule has 3 rings (SSSR count). The molecule has 156 valence electrons. The Morgan fingerprint density at radius 2 is 1.87 bits per heavy atom. The van der Waals surface area contributed by atoms with Crippen molar-refractivity contribution in [2.24, 2.45) is 0 Å². The molecule has 1 heterocycles. The van der Waals surface area contributed by atoms with Crippen molar-refractivity contribution in [2.45, 2.75) is 39.2 Å². The zero-order valence-corrected chi connectivity index (χ0v) is 17.2. The molecule has 2 N–H and O–H groups in total. The fourth-order valence-electron chi connectivity index (χ4n) is 2.95. The van der Waals surface area contributed by atoms with Gasteiger partial charge >= 0.3 is 0 Å². The Morgan fingerprint density at radius 1 is 1.07 bits per heavy atom. The Kier molecular flexibility index (Phi) is 7.32. The molecule has 0 aliphatic heterocycles. The lowest BCUT2D eigenvalue weighted by atomic mass is 10.1. The van der Waals surface area contributed by atoms with Gasteiger partial charge in [0.05, 0.1) is 6.10 Å². The SMILES string of the molecule is CC(C)Oc1cccc(-c2nnc(CCC(=O)NCCc3ccccc3)c(=O)[nH]2)c1. The molecule has 0 atom stereocenters. The molecule has 3 aromatic rings. The topological polar surface area (TPSA) is 97.0 Å². The van der Waals surface area contributed by atoms with Crippen LogP contribution in [-0.2, 0) is 17.6 Å². The van der Waals surface area contributed by atoms with Crippen LogP contribution in [0.4, 0.5) is 0 Å². The highest BCUT2D eigenvalue weighted by molar-refractivity contribution is 5.76. The van der Waals surface area contributed by atoms with Crippen LogP contribution < -0.4 is 15.6 Å². The number of amides is 1. The largest absolute Gasteiger partial charge is 0.491 e. The van der Waals surface area contributed by atoms with Crippen molar-refractivity contribution in [3.8, 4) is 17.1 Å². The molecule has 0 radical (unpaired) electrons. The summed E-state index contributed by atoms with van der Waals surface area (Å²) in [6.45, 7) is 4.44. The maximum Gasteiger partial charge on any atom is 0.273 e. The van der Waals surface area contributed by atoms with Gasteiger partial charge in [0.15, 0.2) is 5.82 Å². The quantitative estimate of drug-likeness (QED) is 0.570. The molecule has 2 aromatic carbocycles. The molecule has 0 bridgehead atoms. The number of H-pyrrole nitrogens is 1. The molecule has 0 fully saturated rings. The number of aromatic nitrogens is 3. The van der Waals surface area contributed by atoms with E-state index in [0.717, 1.165) is 6.42 Å². The van der Waals surface area contributed by atoms with Gasteiger partial charge < -0.3 is 15.0 Å². The molecule has 0 unspecified atom stereocenters. The van der Waals surface area contributed by atoms with E-state index in [0.29, 0.717) is 23.7 Å². The summed E-state index contributed by atoms with van der Waals surface area (Å²) in [5.41, 5.74) is 1.78. The van der Waals surface area contributed by atoms with E-state index in [1.54, 1.807) is 6.07 Å². The van der Waals surface area contributed by atoms with Crippen molar-refractivity contribution in [1.82, 2.24) is 20.5 Å². The van der Waals surface area contributed by atoms with Gasteiger partial charge in [0.2, 0.25) is 5.91 Å². The third-order valence-corrected chi connectivity index (χ3v) is 4.41. The van der Waals surface area contributed by atoms with Crippen molar-refractivity contribution in [1.29, 1.82) is 0 Å². The average Bonchev–Trinajstić information content (AvgIpc) is 2.73. The Morgan fingerprint density at radius 3 is 2.60 bits per heavy atom. The van der Waals surface area contributed by atoms with Gasteiger partial charge in [-0.05, 0) is 38.0 Å². The minimum atomic E-state index is -0.340. The van der Waals surface area contributed by atoms with Gasteiger partial charge in [-0.1, -0.05) is 42.5 Å². The first kappa shape index (κ1) is 21.2. The van der Waals surface area contributed by atoms with E-state index >= 15 is 0 Å². The number of nitrogens with one attached hydrogen (secondary N) is 2. The van der Waals surface area contributed by atoms with Crippen LogP contribution in [0.3, 0.4) is 0 Å². The van der Waals surface area contributed by atoms with Gasteiger partial charge in [-0.15, -0.1) is 10.2 Å². The van der Waals surface area contributed by atoms with E-state index < -0.39 is 0 Å². The van der Waals surface area contributed by atoms with E-state index in [2.05, 4.69) is 20.5 Å². The smallest absolute Gasteiger partial charge is 0.273 e. The summed E-state index contributed by atoms with van der Waals surface area (Å²) in [5.74, 6) is 0.946. The van der Waals surface area contributed by atoms with Crippen LogP contribution in [0.25, 0.3) is 11.4 Å². The van der Waals surface area contributed by atoms with Crippen molar-refractivity contribution in [3.05, 3.63) is 76.2 Å². The number of hydrogen-bond acceptors (Lipinski definition) is 5. The molecule has 0 saturated heterocycles. The molecular weight excluding hydrogens is 380 g/mol. The monoisotopic (exact) mass is 406 g/mol. The second-order valence-electron chi connectivity index (χ2n) is 7.23. The van der Waals surface area contributed by atoms with E-state index in [1.165, 1.54) is 5.56 Å². The third kappa shape index (κ3) is 6.27. The lowest BCUT2D eigenvalue weighted by molar-refractivity contribution is -0.121. The predicted molar refractivity (Wildman–Crippen MR) is 115 cm³/mol. The minimum absolute atomic E-state index is 0.0478. The number of aromatic amines is 1. The summed E-state index contributed by atoms with van der Waals surface area (Å²) in [7, 11) is 0. The molecule has 1 aromatic heterocycles. The summed E-state index contributed by atoms with van der Waals surface area (Å²) in [4.78, 5) is 27.2. The molecule has 0 spiro atoms. The highest BCUT2D eigenvalue weighted by Crippen LogP contribution is 2.20. The van der Waals surface area contributed by atoms with Crippen LogP contribution in [0.2, 0.25) is 0 Å². The Balaban J connectivity index is 1.54. The molecule has 7 nitrogen and oxygen atoms in total. The summed E-state index contributed by atoms with van der Waals surface area (Å²) in [6.07, 6.45) is 1.23. The number of aryl methyl sites for hydroxylation is 1. The Labute approximate surface area is 175 Å². The average molecular weight is 406 g/mol. The number of nitrogens with zero attached hydrogens (tertiary/aromatic N) is 2. The molecule has 7 heteroatoms. The zero-order chi connectivity index (χ0) is 21.3. The maximum absolute atomic E-state index is 12.4. The molecule has 0 aliphatic rings. The van der Waals surface area contributed by atoms with Crippen molar-refractivity contribution < 1.29 is 9.53 Å². The van der Waals surface area contributed by atoms with Crippen LogP contribution >= 0.6 is 0 Å². The lowest BCUT2D eigenvalue weighted by Crippen LogP contribution is -2.27. The zero-order valence-electron chi connectivity index (χ0n) is 17.2. The van der Waals surface area contributed by atoms with Crippen molar-refractivity contribution >= 4 is 5.91 Å². The first-order valence-corrected chi connectivity index (χ1v) is 10.0. The second-order valence-corrected chi connectivity index (χ2v) is 7.23. The first-order valence-electron chi connectivity index (χ1n) is 10.0. The number of rotatable bonds is 9. The van der Waals surface area contributed by atoms with Crippen molar-refractivity contribution in [2.75, 3.05) is 6.54 Å². The Bertz CT molecular complexity index is 1030. The highest BCUT2D eigenvalue weighted by Gasteiger charge is 2.10. The minimum Gasteiger partial charge on any atom is -0.491 e. The number of hydrogen-bond donors (Lipinski definition) is 2. The van der Waals surface area contributed by atoms with Crippen molar-refractivity contribution in [3.63, 3.8) is 0 Å². The van der Waals surface area contributed by atoms with Gasteiger partial charge in [-0.2, -0.15) is 0 Å². The lowest BCUT2D eigenvalue weighted by Gasteiger charge is -2.10. The summed E-state index contributed by atoms with van der Waals surface area (Å²) in [6, 6.07) is 17.3. The maximum atomic E-state index is 12.4. The predicted octanol–water partition coefficient (Wildman–Crippen LogP) is 2.91. The molecule has 0 saturated carbocycles. The summed E-state index contributed by atoms with van der Waals surface area (Å²) < 4.78 is 5.67. The molecular formula is C23H26N4O3. The number of carbonyl (C=O) groups is 1. The molecule has 30 heavy (non-hydrogen) atoms. The first-order chi connectivity index (χ1) is 14.5. The van der Waals surface area contributed by atoms with Gasteiger partial charge in [0.25, 0.3) is 5.56 Å². The summed E-state index contributed by atoms with van der Waals surface area (Å²) >= 11 is 0. The van der Waals surface area contributed by atoms with Crippen LogP contribution in [0.1, 0.15) is 31.5 Å². The normalized spacial score (nSPS) is 10.8. The second kappa shape index (κ2) is 10.3. The third-order valence-electron chi connectivity index (χ3n) is 4.41. The standard InChI is InChI=1S/C23H26N4O3/c1-16(2)30-19-10-6-9-18(15-19)22-25-23(29)20(26-27-22)11-12-21(28)24-14-13-17-7-4-3-5-8-17/h3-10,15-16H,11-14H2,1-2H3,(H,24,28)(H,25,27,29). The van der Waals surface area contributed by atoms with E-state index in [4.69, 9.17) is 4.74 Å².